The first kappa shape index (κ1) is 14.8. The molecule has 0 amide bonds. The Morgan fingerprint density at radius 1 is 0.850 bits per heavy atom. The van der Waals surface area contributed by atoms with Crippen LogP contribution in [0.4, 0.5) is 0 Å². The average Bonchev–Trinajstić information content (AvgIpc) is 2.95. The summed E-state index contributed by atoms with van der Waals surface area (Å²) in [6.07, 6.45) is 16.4. The van der Waals surface area contributed by atoms with E-state index in [9.17, 15) is 0 Å². The Morgan fingerprint density at radius 2 is 1.55 bits per heavy atom. The molecule has 2 nitrogen and oxygen atoms in total. The lowest BCUT2D eigenvalue weighted by Crippen LogP contribution is -2.42. The maximum Gasteiger partial charge on any atom is 0.0107 e. The molecule has 1 N–H and O–H groups in total. The summed E-state index contributed by atoms with van der Waals surface area (Å²) in [4.78, 5) is 2.71. The number of nitrogens with one attached hydrogen (secondary N) is 1. The van der Waals surface area contributed by atoms with Crippen LogP contribution in [-0.2, 0) is 0 Å². The minimum Gasteiger partial charge on any atom is -0.315 e. The van der Waals surface area contributed by atoms with Crippen LogP contribution in [0.1, 0.15) is 70.6 Å². The molecule has 0 aromatic rings. The predicted molar refractivity (Wildman–Crippen MR) is 86.0 cm³/mol. The van der Waals surface area contributed by atoms with E-state index >= 15 is 0 Å². The SMILES string of the molecule is C1CCC(CNCCN2CCC3(CCCC3)CC2)CC1. The molecule has 0 aromatic heterocycles. The highest BCUT2D eigenvalue weighted by molar-refractivity contribution is 4.89. The van der Waals surface area contributed by atoms with Crippen molar-refractivity contribution in [2.24, 2.45) is 11.3 Å². The largest absolute Gasteiger partial charge is 0.315 e. The third-order valence-corrected chi connectivity index (χ3v) is 6.34. The second-order valence-electron chi connectivity index (χ2n) is 7.76. The van der Waals surface area contributed by atoms with Gasteiger partial charge in [-0.1, -0.05) is 32.1 Å². The Kier molecular flexibility index (Phi) is 5.39. The first-order valence-corrected chi connectivity index (χ1v) is 9.29. The number of hydrogen-bond acceptors (Lipinski definition) is 2. The van der Waals surface area contributed by atoms with Gasteiger partial charge >= 0.3 is 0 Å². The smallest absolute Gasteiger partial charge is 0.0107 e. The second-order valence-corrected chi connectivity index (χ2v) is 7.76. The molecule has 1 saturated heterocycles. The van der Waals surface area contributed by atoms with Gasteiger partial charge in [0.05, 0.1) is 0 Å². The molecular weight excluding hydrogens is 244 g/mol. The van der Waals surface area contributed by atoms with Gasteiger partial charge in [-0.15, -0.1) is 0 Å². The van der Waals surface area contributed by atoms with Crippen molar-refractivity contribution in [1.82, 2.24) is 10.2 Å². The number of piperidine rings is 1. The normalized spacial score (nSPS) is 28.2. The van der Waals surface area contributed by atoms with E-state index in [1.807, 2.05) is 0 Å². The minimum atomic E-state index is 0.784. The van der Waals surface area contributed by atoms with E-state index in [4.69, 9.17) is 0 Å². The van der Waals surface area contributed by atoms with E-state index < -0.39 is 0 Å². The molecule has 0 atom stereocenters. The summed E-state index contributed by atoms with van der Waals surface area (Å²) in [7, 11) is 0. The van der Waals surface area contributed by atoms with Crippen molar-refractivity contribution in [1.29, 1.82) is 0 Å². The molecule has 3 rings (SSSR count). The van der Waals surface area contributed by atoms with Crippen molar-refractivity contribution in [2.75, 3.05) is 32.7 Å². The fourth-order valence-corrected chi connectivity index (χ4v) is 4.81. The van der Waals surface area contributed by atoms with Gasteiger partial charge in [-0.25, -0.2) is 0 Å². The van der Waals surface area contributed by atoms with Crippen LogP contribution in [0.2, 0.25) is 0 Å². The van der Waals surface area contributed by atoms with Gasteiger partial charge in [-0.05, 0) is 69.5 Å². The number of likely N-dealkylation sites (tertiary alicyclic amines) is 1. The molecule has 1 spiro atoms. The zero-order valence-corrected chi connectivity index (χ0v) is 13.3. The Labute approximate surface area is 125 Å². The molecule has 0 bridgehead atoms. The van der Waals surface area contributed by atoms with Crippen molar-refractivity contribution < 1.29 is 0 Å². The third kappa shape index (κ3) is 3.98. The summed E-state index contributed by atoms with van der Waals surface area (Å²) in [5, 5.41) is 3.72. The van der Waals surface area contributed by atoms with Crippen molar-refractivity contribution in [3.05, 3.63) is 0 Å². The first-order chi connectivity index (χ1) is 9.86. The molecular formula is C18H34N2. The predicted octanol–water partition coefficient (Wildman–Crippen LogP) is 3.81. The highest BCUT2D eigenvalue weighted by atomic mass is 15.1. The van der Waals surface area contributed by atoms with Crippen LogP contribution in [0, 0.1) is 11.3 Å². The van der Waals surface area contributed by atoms with Gasteiger partial charge in [0.25, 0.3) is 0 Å². The van der Waals surface area contributed by atoms with Crippen LogP contribution < -0.4 is 5.32 Å². The van der Waals surface area contributed by atoms with E-state index in [1.54, 1.807) is 0 Å². The molecule has 2 heteroatoms. The molecule has 20 heavy (non-hydrogen) atoms. The molecule has 116 valence electrons. The van der Waals surface area contributed by atoms with Gasteiger partial charge in [-0.3, -0.25) is 0 Å². The van der Waals surface area contributed by atoms with E-state index in [0.29, 0.717) is 0 Å². The topological polar surface area (TPSA) is 15.3 Å². The van der Waals surface area contributed by atoms with Crippen LogP contribution in [-0.4, -0.2) is 37.6 Å². The van der Waals surface area contributed by atoms with Crippen LogP contribution in [0.5, 0.6) is 0 Å². The van der Waals surface area contributed by atoms with Gasteiger partial charge in [0.15, 0.2) is 0 Å². The van der Waals surface area contributed by atoms with Crippen LogP contribution in [0.15, 0.2) is 0 Å². The summed E-state index contributed by atoms with van der Waals surface area (Å²) < 4.78 is 0. The van der Waals surface area contributed by atoms with Crippen LogP contribution >= 0.6 is 0 Å². The zero-order chi connectivity index (χ0) is 13.7. The maximum atomic E-state index is 3.72. The van der Waals surface area contributed by atoms with E-state index in [1.165, 1.54) is 103 Å². The van der Waals surface area contributed by atoms with E-state index in [2.05, 4.69) is 10.2 Å². The first-order valence-electron chi connectivity index (χ1n) is 9.29. The monoisotopic (exact) mass is 278 g/mol. The lowest BCUT2D eigenvalue weighted by molar-refractivity contribution is 0.109. The quantitative estimate of drug-likeness (QED) is 0.769. The summed E-state index contributed by atoms with van der Waals surface area (Å²) >= 11 is 0. The van der Waals surface area contributed by atoms with Crippen molar-refractivity contribution in [3.63, 3.8) is 0 Å². The van der Waals surface area contributed by atoms with Gasteiger partial charge < -0.3 is 10.2 Å². The lowest BCUT2D eigenvalue weighted by atomic mass is 9.77. The maximum absolute atomic E-state index is 3.72. The van der Waals surface area contributed by atoms with Crippen LogP contribution in [0.3, 0.4) is 0 Å². The molecule has 1 heterocycles. The lowest BCUT2D eigenvalue weighted by Gasteiger charge is -2.39. The highest BCUT2D eigenvalue weighted by Crippen LogP contribution is 2.45. The summed E-state index contributed by atoms with van der Waals surface area (Å²) in [6.45, 7) is 6.50. The number of hydrogen-bond donors (Lipinski definition) is 1. The fraction of sp³-hybridized carbons (Fsp3) is 1.00. The average molecular weight is 278 g/mol. The van der Waals surface area contributed by atoms with Crippen LogP contribution in [0.25, 0.3) is 0 Å². The molecule has 3 aliphatic rings. The highest BCUT2D eigenvalue weighted by Gasteiger charge is 2.36. The molecule has 2 aliphatic carbocycles. The minimum absolute atomic E-state index is 0.784. The third-order valence-electron chi connectivity index (χ3n) is 6.34. The fourth-order valence-electron chi connectivity index (χ4n) is 4.81. The molecule has 0 aromatic carbocycles. The molecule has 0 radical (unpaired) electrons. The number of nitrogens with zero attached hydrogens (tertiary/aromatic N) is 1. The van der Waals surface area contributed by atoms with Crippen molar-refractivity contribution >= 4 is 0 Å². The zero-order valence-electron chi connectivity index (χ0n) is 13.3. The Bertz CT molecular complexity index is 267. The van der Waals surface area contributed by atoms with Gasteiger partial charge in [0.1, 0.15) is 0 Å². The van der Waals surface area contributed by atoms with E-state index in [0.717, 1.165) is 11.3 Å². The van der Waals surface area contributed by atoms with Crippen molar-refractivity contribution in [2.45, 2.75) is 70.6 Å². The number of rotatable bonds is 5. The van der Waals surface area contributed by atoms with Gasteiger partial charge in [-0.2, -0.15) is 0 Å². The Morgan fingerprint density at radius 3 is 2.25 bits per heavy atom. The van der Waals surface area contributed by atoms with Gasteiger partial charge in [0.2, 0.25) is 0 Å². The Balaban J connectivity index is 1.26. The second kappa shape index (κ2) is 7.26. The molecule has 1 aliphatic heterocycles. The summed E-state index contributed by atoms with van der Waals surface area (Å²) in [5.74, 6) is 0.979. The van der Waals surface area contributed by atoms with E-state index in [-0.39, 0.29) is 0 Å². The summed E-state index contributed by atoms with van der Waals surface area (Å²) in [6, 6.07) is 0. The molecule has 0 unspecified atom stereocenters. The summed E-state index contributed by atoms with van der Waals surface area (Å²) in [5.41, 5.74) is 0.784. The van der Waals surface area contributed by atoms with Crippen molar-refractivity contribution in [3.8, 4) is 0 Å². The Hall–Kier alpha value is -0.0800. The van der Waals surface area contributed by atoms with Gasteiger partial charge in [0, 0.05) is 13.1 Å². The standard InChI is InChI=1S/C18H34N2/c1-2-6-17(7-3-1)16-19-12-15-20-13-10-18(11-14-20)8-4-5-9-18/h17,19H,1-16H2. The molecule has 2 saturated carbocycles. The molecule has 3 fully saturated rings.